The molecular weight excluding hydrogens is 396 g/mol. The molecule has 0 amide bonds. The van der Waals surface area contributed by atoms with Gasteiger partial charge in [0.05, 0.1) is 5.56 Å². The van der Waals surface area contributed by atoms with E-state index < -0.39 is 0 Å². The van der Waals surface area contributed by atoms with Crippen LogP contribution < -0.4 is 17.1 Å². The first kappa shape index (κ1) is 21.9. The van der Waals surface area contributed by atoms with E-state index in [0.29, 0.717) is 22.5 Å². The smallest absolute Gasteiger partial charge is 0.260 e. The molecular formula is C27H32N4O. The summed E-state index contributed by atoms with van der Waals surface area (Å²) in [5.74, 6) is 6.04. The molecule has 1 aliphatic carbocycles. The molecule has 0 saturated heterocycles. The lowest BCUT2D eigenvalue weighted by Crippen LogP contribution is -2.27. The average molecular weight is 429 g/mol. The van der Waals surface area contributed by atoms with E-state index in [1.165, 1.54) is 31.2 Å². The Labute approximate surface area is 189 Å². The summed E-state index contributed by atoms with van der Waals surface area (Å²) < 4.78 is 0. The van der Waals surface area contributed by atoms with Crippen LogP contribution in [0.25, 0.3) is 22.4 Å². The Morgan fingerprint density at radius 3 is 2.19 bits per heavy atom. The lowest BCUT2D eigenvalue weighted by molar-refractivity contribution is 0.224. The van der Waals surface area contributed by atoms with E-state index in [0.717, 1.165) is 22.4 Å². The Balaban J connectivity index is 1.71. The second-order valence-electron chi connectivity index (χ2n) is 9.74. The number of aryl methyl sites for hydroxylation is 1. The van der Waals surface area contributed by atoms with Gasteiger partial charge in [-0.05, 0) is 66.7 Å². The molecule has 2 aromatic carbocycles. The predicted octanol–water partition coefficient (Wildman–Crippen LogP) is 5.28. The molecule has 166 valence electrons. The van der Waals surface area contributed by atoms with Crippen molar-refractivity contribution in [3.63, 3.8) is 0 Å². The van der Waals surface area contributed by atoms with Gasteiger partial charge in [0.2, 0.25) is 0 Å². The number of nitrogens with zero attached hydrogens (tertiary/aromatic N) is 1. The Kier molecular flexibility index (Phi) is 5.92. The molecule has 4 rings (SSSR count). The fourth-order valence-electron chi connectivity index (χ4n) is 4.66. The van der Waals surface area contributed by atoms with Gasteiger partial charge in [0.25, 0.3) is 5.56 Å². The number of H-pyrrole nitrogens is 1. The van der Waals surface area contributed by atoms with Crippen molar-refractivity contribution in [1.82, 2.24) is 4.98 Å². The Morgan fingerprint density at radius 2 is 1.59 bits per heavy atom. The van der Waals surface area contributed by atoms with Crippen LogP contribution in [-0.4, -0.2) is 10.8 Å². The van der Waals surface area contributed by atoms with Crippen LogP contribution in [0.3, 0.4) is 0 Å². The molecule has 5 N–H and O–H groups in total. The number of benzene rings is 2. The number of nitrogens with one attached hydrogen (secondary N) is 1. The highest BCUT2D eigenvalue weighted by Crippen LogP contribution is 2.42. The van der Waals surface area contributed by atoms with Crippen LogP contribution >= 0.6 is 0 Å². The van der Waals surface area contributed by atoms with E-state index >= 15 is 0 Å². The number of rotatable bonds is 4. The predicted molar refractivity (Wildman–Crippen MR) is 133 cm³/mol. The maximum atomic E-state index is 13.0. The van der Waals surface area contributed by atoms with Gasteiger partial charge in [0.1, 0.15) is 0 Å². The third-order valence-corrected chi connectivity index (χ3v) is 6.82. The van der Waals surface area contributed by atoms with Crippen LogP contribution in [0, 0.1) is 12.3 Å². The van der Waals surface area contributed by atoms with Crippen molar-refractivity contribution < 1.29 is 0 Å². The number of amidine groups is 1. The first-order valence-corrected chi connectivity index (χ1v) is 11.3. The zero-order chi connectivity index (χ0) is 22.9. The molecule has 0 bridgehead atoms. The number of aromatic amines is 1. The van der Waals surface area contributed by atoms with Gasteiger partial charge < -0.3 is 16.6 Å². The second kappa shape index (κ2) is 8.65. The monoisotopic (exact) mass is 428 g/mol. The topological polar surface area (TPSA) is 97.3 Å². The lowest BCUT2D eigenvalue weighted by atomic mass is 9.71. The normalized spacial score (nSPS) is 16.8. The molecule has 5 nitrogen and oxygen atoms in total. The largest absolute Gasteiger partial charge is 0.382 e. The summed E-state index contributed by atoms with van der Waals surface area (Å²) in [4.78, 5) is 15.9. The van der Waals surface area contributed by atoms with Gasteiger partial charge in [0, 0.05) is 11.3 Å². The molecule has 0 radical (unpaired) electrons. The standard InChI is InChI=1S/C27H32N4O/c1-17-4-6-20(7-5-17)22-16-23(30-26(32)24(22)25(28)31-29)21-10-8-18(9-11-21)19-12-14-27(2,3)15-13-19/h4-11,16,19H,12-15,29H2,1-3H3,(H2,28,31)(H,30,32). The SMILES string of the molecule is Cc1ccc(-c2cc(-c3ccc(C4CCC(C)(C)CC4)cc3)[nH]c(=O)c2/C(N)=N/N)cc1. The van der Waals surface area contributed by atoms with E-state index in [4.69, 9.17) is 11.6 Å². The van der Waals surface area contributed by atoms with Gasteiger partial charge in [-0.2, -0.15) is 5.10 Å². The Bertz CT molecular complexity index is 1180. The van der Waals surface area contributed by atoms with Gasteiger partial charge >= 0.3 is 0 Å². The number of hydrazone groups is 1. The van der Waals surface area contributed by atoms with E-state index in [-0.39, 0.29) is 11.4 Å². The number of hydrogen-bond donors (Lipinski definition) is 3. The van der Waals surface area contributed by atoms with Gasteiger partial charge in [-0.15, -0.1) is 0 Å². The molecule has 1 fully saturated rings. The highest BCUT2D eigenvalue weighted by molar-refractivity contribution is 6.03. The molecule has 32 heavy (non-hydrogen) atoms. The summed E-state index contributed by atoms with van der Waals surface area (Å²) in [7, 11) is 0. The van der Waals surface area contributed by atoms with Crippen LogP contribution in [-0.2, 0) is 0 Å². The maximum absolute atomic E-state index is 13.0. The van der Waals surface area contributed by atoms with Crippen LogP contribution in [0.1, 0.15) is 62.1 Å². The summed E-state index contributed by atoms with van der Waals surface area (Å²) in [5.41, 5.74) is 12.3. The third kappa shape index (κ3) is 4.47. The lowest BCUT2D eigenvalue weighted by Gasteiger charge is -2.34. The second-order valence-corrected chi connectivity index (χ2v) is 9.74. The number of hydrogen-bond acceptors (Lipinski definition) is 3. The van der Waals surface area contributed by atoms with Crippen molar-refractivity contribution >= 4 is 5.84 Å². The van der Waals surface area contributed by atoms with Crippen LogP contribution in [0.2, 0.25) is 0 Å². The van der Waals surface area contributed by atoms with Gasteiger partial charge in [-0.3, -0.25) is 4.79 Å². The van der Waals surface area contributed by atoms with Gasteiger partial charge in [0.15, 0.2) is 5.84 Å². The van der Waals surface area contributed by atoms with E-state index in [2.05, 4.69) is 48.2 Å². The third-order valence-electron chi connectivity index (χ3n) is 6.82. The molecule has 0 unspecified atom stereocenters. The van der Waals surface area contributed by atoms with Crippen LogP contribution in [0.5, 0.6) is 0 Å². The van der Waals surface area contributed by atoms with Crippen molar-refractivity contribution in [3.05, 3.63) is 81.6 Å². The van der Waals surface area contributed by atoms with E-state index in [1.54, 1.807) is 0 Å². The fourth-order valence-corrected chi connectivity index (χ4v) is 4.66. The minimum Gasteiger partial charge on any atom is -0.382 e. The van der Waals surface area contributed by atoms with E-state index in [1.807, 2.05) is 37.3 Å². The quantitative estimate of drug-likeness (QED) is 0.228. The van der Waals surface area contributed by atoms with Gasteiger partial charge in [-0.1, -0.05) is 67.9 Å². The average Bonchev–Trinajstić information content (AvgIpc) is 2.79. The molecule has 1 aliphatic rings. The molecule has 1 aromatic heterocycles. The van der Waals surface area contributed by atoms with Crippen LogP contribution in [0.15, 0.2) is 64.5 Å². The number of pyridine rings is 1. The molecule has 3 aromatic rings. The summed E-state index contributed by atoms with van der Waals surface area (Å²) in [5, 5.41) is 3.57. The van der Waals surface area contributed by atoms with Crippen molar-refractivity contribution in [3.8, 4) is 22.4 Å². The number of nitrogens with two attached hydrogens (primary N) is 2. The Morgan fingerprint density at radius 1 is 1.00 bits per heavy atom. The number of aromatic nitrogens is 1. The molecule has 1 saturated carbocycles. The zero-order valence-corrected chi connectivity index (χ0v) is 19.1. The first-order valence-electron chi connectivity index (χ1n) is 11.3. The molecule has 0 aliphatic heterocycles. The zero-order valence-electron chi connectivity index (χ0n) is 19.1. The highest BCUT2D eigenvalue weighted by Gasteiger charge is 2.27. The molecule has 0 spiro atoms. The Hall–Kier alpha value is -3.34. The molecule has 0 atom stereocenters. The van der Waals surface area contributed by atoms with Crippen molar-refractivity contribution in [1.29, 1.82) is 0 Å². The maximum Gasteiger partial charge on any atom is 0.260 e. The fraction of sp³-hybridized carbons (Fsp3) is 0.333. The summed E-state index contributed by atoms with van der Waals surface area (Å²) in [6.45, 7) is 6.75. The minimum absolute atomic E-state index is 0.0175. The molecule has 1 heterocycles. The summed E-state index contributed by atoms with van der Waals surface area (Å²) in [6, 6.07) is 18.5. The minimum atomic E-state index is -0.302. The summed E-state index contributed by atoms with van der Waals surface area (Å²) >= 11 is 0. The van der Waals surface area contributed by atoms with Crippen molar-refractivity contribution in [2.24, 2.45) is 22.1 Å². The van der Waals surface area contributed by atoms with Crippen LogP contribution in [0.4, 0.5) is 0 Å². The van der Waals surface area contributed by atoms with Crippen molar-refractivity contribution in [2.45, 2.75) is 52.4 Å². The van der Waals surface area contributed by atoms with Gasteiger partial charge in [-0.25, -0.2) is 0 Å². The first-order chi connectivity index (χ1) is 15.3. The van der Waals surface area contributed by atoms with E-state index in [9.17, 15) is 4.79 Å². The highest BCUT2D eigenvalue weighted by atomic mass is 16.1. The molecule has 5 heteroatoms. The van der Waals surface area contributed by atoms with Crippen molar-refractivity contribution in [2.75, 3.05) is 0 Å². The summed E-state index contributed by atoms with van der Waals surface area (Å²) in [6.07, 6.45) is 4.98.